The number of aromatic hydroxyl groups is 2. The topological polar surface area (TPSA) is 57.5 Å². The molecule has 0 radical (unpaired) electrons. The van der Waals surface area contributed by atoms with Crippen molar-refractivity contribution in [2.24, 2.45) is 0 Å². The van der Waals surface area contributed by atoms with Crippen LogP contribution in [0.4, 0.5) is 0 Å². The predicted octanol–water partition coefficient (Wildman–Crippen LogP) is 2.58. The van der Waals surface area contributed by atoms with Gasteiger partial charge in [0, 0.05) is 11.1 Å². The number of carbonyl (C=O) groups is 1. The summed E-state index contributed by atoms with van der Waals surface area (Å²) in [6.07, 6.45) is 0. The summed E-state index contributed by atoms with van der Waals surface area (Å²) in [5, 5.41) is 19.2. The predicted molar refractivity (Wildman–Crippen MR) is 62.3 cm³/mol. The first-order valence-electron chi connectivity index (χ1n) is 4.64. The molecule has 0 bridgehead atoms. The number of phenolic OH excluding ortho intramolecular Hbond substituents is 2. The van der Waals surface area contributed by atoms with Crippen molar-refractivity contribution in [1.82, 2.24) is 0 Å². The van der Waals surface area contributed by atoms with Gasteiger partial charge in [0.15, 0.2) is 0 Å². The van der Waals surface area contributed by atoms with Crippen LogP contribution >= 0.6 is 0 Å². The average Bonchev–Trinajstić information content (AvgIpc) is 2.34. The second-order valence-corrected chi connectivity index (χ2v) is 3.03. The molecule has 0 fully saturated rings. The highest BCUT2D eigenvalue weighted by atomic mass is 16.3. The van der Waals surface area contributed by atoms with Gasteiger partial charge >= 0.3 is 0 Å². The summed E-state index contributed by atoms with van der Waals surface area (Å²) in [5.74, 6) is 0.350. The van der Waals surface area contributed by atoms with Crippen LogP contribution in [-0.4, -0.2) is 17.0 Å². The maximum Gasteiger partial charge on any atom is 0.123 e. The molecule has 0 heterocycles. The Morgan fingerprint density at radius 2 is 1.00 bits per heavy atom. The average molecular weight is 216 g/mol. The minimum atomic E-state index is 0.175. The van der Waals surface area contributed by atoms with Crippen molar-refractivity contribution in [3.8, 4) is 22.6 Å². The zero-order chi connectivity index (χ0) is 12.0. The van der Waals surface area contributed by atoms with E-state index in [-0.39, 0.29) is 11.5 Å². The number of hydrogen-bond donors (Lipinski definition) is 2. The molecule has 0 atom stereocenters. The monoisotopic (exact) mass is 216 g/mol. The molecule has 0 aliphatic rings. The zero-order valence-corrected chi connectivity index (χ0v) is 8.63. The summed E-state index contributed by atoms with van der Waals surface area (Å²) in [6, 6.07) is 13.9. The van der Waals surface area contributed by atoms with Gasteiger partial charge in [0.25, 0.3) is 0 Å². The lowest BCUT2D eigenvalue weighted by atomic mass is 10.0. The third kappa shape index (κ3) is 2.39. The Kier molecular flexibility index (Phi) is 4.09. The smallest absolute Gasteiger partial charge is 0.123 e. The lowest BCUT2D eigenvalue weighted by Gasteiger charge is -2.05. The van der Waals surface area contributed by atoms with Gasteiger partial charge in [0.2, 0.25) is 0 Å². The lowest BCUT2D eigenvalue weighted by molar-refractivity contribution is -0.0979. The molecule has 3 nitrogen and oxygen atoms in total. The number of phenols is 2. The fourth-order valence-corrected chi connectivity index (χ4v) is 1.40. The maximum absolute atomic E-state index is 9.58. The Bertz CT molecular complexity index is 423. The molecular weight excluding hydrogens is 204 g/mol. The van der Waals surface area contributed by atoms with Crippen molar-refractivity contribution in [2.75, 3.05) is 0 Å². The van der Waals surface area contributed by atoms with Gasteiger partial charge < -0.3 is 15.0 Å². The molecule has 0 spiro atoms. The van der Waals surface area contributed by atoms with Gasteiger partial charge in [-0.3, -0.25) is 0 Å². The van der Waals surface area contributed by atoms with E-state index in [1.54, 1.807) is 36.4 Å². The fourth-order valence-electron chi connectivity index (χ4n) is 1.40. The Labute approximate surface area is 93.6 Å². The van der Waals surface area contributed by atoms with Gasteiger partial charge in [0.1, 0.15) is 18.3 Å². The molecule has 2 aromatic carbocycles. The van der Waals surface area contributed by atoms with Gasteiger partial charge in [0.05, 0.1) is 0 Å². The van der Waals surface area contributed by atoms with Crippen LogP contribution in [0.1, 0.15) is 0 Å². The number of rotatable bonds is 1. The highest BCUT2D eigenvalue weighted by molar-refractivity contribution is 5.74. The number of hydrogen-bond acceptors (Lipinski definition) is 3. The van der Waals surface area contributed by atoms with Crippen LogP contribution in [0, 0.1) is 0 Å². The van der Waals surface area contributed by atoms with Crippen LogP contribution in [-0.2, 0) is 4.79 Å². The SMILES string of the molecule is C=O.Oc1ccccc1-c1ccccc1O. The summed E-state index contributed by atoms with van der Waals surface area (Å²) in [5.41, 5.74) is 1.29. The van der Waals surface area contributed by atoms with Crippen molar-refractivity contribution >= 4 is 6.79 Å². The molecule has 3 heteroatoms. The molecule has 0 aromatic heterocycles. The van der Waals surface area contributed by atoms with Crippen LogP contribution in [0.3, 0.4) is 0 Å². The van der Waals surface area contributed by atoms with E-state index in [0.29, 0.717) is 11.1 Å². The molecule has 0 aliphatic heterocycles. The number of benzene rings is 2. The normalized spacial score (nSPS) is 9.00. The van der Waals surface area contributed by atoms with Crippen molar-refractivity contribution in [2.45, 2.75) is 0 Å². The third-order valence-electron chi connectivity index (χ3n) is 2.10. The van der Waals surface area contributed by atoms with Crippen molar-refractivity contribution < 1.29 is 15.0 Å². The zero-order valence-electron chi connectivity index (χ0n) is 8.63. The van der Waals surface area contributed by atoms with E-state index in [0.717, 1.165) is 0 Å². The van der Waals surface area contributed by atoms with E-state index in [2.05, 4.69) is 0 Å². The Morgan fingerprint density at radius 1 is 0.688 bits per heavy atom. The highest BCUT2D eigenvalue weighted by Gasteiger charge is 2.06. The fraction of sp³-hybridized carbons (Fsp3) is 0. The molecular formula is C13H12O3. The number of carbonyl (C=O) groups excluding carboxylic acids is 1. The van der Waals surface area contributed by atoms with Gasteiger partial charge in [-0.1, -0.05) is 36.4 Å². The first kappa shape index (κ1) is 11.8. The Morgan fingerprint density at radius 3 is 1.31 bits per heavy atom. The van der Waals surface area contributed by atoms with E-state index < -0.39 is 0 Å². The van der Waals surface area contributed by atoms with E-state index in [9.17, 15) is 10.2 Å². The molecule has 2 aromatic rings. The first-order chi connectivity index (χ1) is 7.79. The molecule has 0 aliphatic carbocycles. The minimum Gasteiger partial charge on any atom is -0.507 e. The van der Waals surface area contributed by atoms with E-state index in [1.165, 1.54) is 0 Å². The Balaban J connectivity index is 0.000000606. The van der Waals surface area contributed by atoms with Crippen LogP contribution < -0.4 is 0 Å². The van der Waals surface area contributed by atoms with Gasteiger partial charge in [-0.25, -0.2) is 0 Å². The van der Waals surface area contributed by atoms with Gasteiger partial charge in [-0.05, 0) is 12.1 Å². The van der Waals surface area contributed by atoms with Crippen molar-refractivity contribution in [3.63, 3.8) is 0 Å². The maximum atomic E-state index is 9.58. The lowest BCUT2D eigenvalue weighted by Crippen LogP contribution is -1.79. The standard InChI is InChI=1S/C12H10O2.CH2O/c13-11-7-3-1-5-9(11)10-6-2-4-8-12(10)14;1-2/h1-8,13-14H;1H2. The largest absolute Gasteiger partial charge is 0.507 e. The summed E-state index contributed by atoms with van der Waals surface area (Å²) in [4.78, 5) is 8.00. The van der Waals surface area contributed by atoms with E-state index >= 15 is 0 Å². The van der Waals surface area contributed by atoms with Crippen molar-refractivity contribution in [3.05, 3.63) is 48.5 Å². The minimum absolute atomic E-state index is 0.175. The summed E-state index contributed by atoms with van der Waals surface area (Å²) in [6.45, 7) is 2.00. The molecule has 2 rings (SSSR count). The van der Waals surface area contributed by atoms with Crippen LogP contribution in [0.2, 0.25) is 0 Å². The van der Waals surface area contributed by atoms with Crippen LogP contribution in [0.15, 0.2) is 48.5 Å². The van der Waals surface area contributed by atoms with Gasteiger partial charge in [-0.2, -0.15) is 0 Å². The summed E-state index contributed by atoms with van der Waals surface area (Å²) >= 11 is 0. The molecule has 0 saturated heterocycles. The number of para-hydroxylation sites is 2. The third-order valence-corrected chi connectivity index (χ3v) is 2.10. The quantitative estimate of drug-likeness (QED) is 0.770. The first-order valence-corrected chi connectivity index (χ1v) is 4.64. The molecule has 2 N–H and O–H groups in total. The second-order valence-electron chi connectivity index (χ2n) is 3.03. The Hall–Kier alpha value is -2.29. The second kappa shape index (κ2) is 5.56. The van der Waals surface area contributed by atoms with E-state index in [4.69, 9.17) is 4.79 Å². The molecule has 0 unspecified atom stereocenters. The molecule has 0 saturated carbocycles. The molecule has 0 amide bonds. The van der Waals surface area contributed by atoms with Gasteiger partial charge in [-0.15, -0.1) is 0 Å². The molecule has 82 valence electrons. The van der Waals surface area contributed by atoms with Crippen LogP contribution in [0.5, 0.6) is 11.5 Å². The highest BCUT2D eigenvalue weighted by Crippen LogP contribution is 2.34. The van der Waals surface area contributed by atoms with E-state index in [1.807, 2.05) is 18.9 Å². The van der Waals surface area contributed by atoms with Crippen molar-refractivity contribution in [1.29, 1.82) is 0 Å². The molecule has 16 heavy (non-hydrogen) atoms. The van der Waals surface area contributed by atoms with Crippen LogP contribution in [0.25, 0.3) is 11.1 Å². The summed E-state index contributed by atoms with van der Waals surface area (Å²) < 4.78 is 0. The summed E-state index contributed by atoms with van der Waals surface area (Å²) in [7, 11) is 0.